The number of nitrogens with zero attached hydrogens (tertiary/aromatic N) is 2. The Morgan fingerprint density at radius 2 is 1.62 bits per heavy atom. The van der Waals surface area contributed by atoms with Gasteiger partial charge in [0.2, 0.25) is 0 Å². The number of carbonyl (C=O) groups is 1. The molecule has 0 aromatic carbocycles. The van der Waals surface area contributed by atoms with E-state index in [2.05, 4.69) is 37.5 Å². The van der Waals surface area contributed by atoms with Crippen LogP contribution in [0.2, 0.25) is 0 Å². The molecular formula is C17H30N2OS. The number of ketones is 1. The van der Waals surface area contributed by atoms with Crippen LogP contribution in [0.3, 0.4) is 0 Å². The molecule has 0 aliphatic carbocycles. The highest BCUT2D eigenvalue weighted by atomic mass is 32.1. The number of thiophene rings is 1. The topological polar surface area (TPSA) is 23.6 Å². The third-order valence-corrected chi connectivity index (χ3v) is 4.96. The predicted molar refractivity (Wildman–Crippen MR) is 92.6 cm³/mol. The molecule has 4 heteroatoms. The summed E-state index contributed by atoms with van der Waals surface area (Å²) in [6.07, 6.45) is 1.13. The number of hydrogen-bond acceptors (Lipinski definition) is 4. The quantitative estimate of drug-likeness (QED) is 0.617. The third kappa shape index (κ3) is 5.89. The summed E-state index contributed by atoms with van der Waals surface area (Å²) in [4.78, 5) is 19.5. The van der Waals surface area contributed by atoms with Crippen LogP contribution < -0.4 is 0 Å². The van der Waals surface area contributed by atoms with Crippen LogP contribution >= 0.6 is 11.3 Å². The largest absolute Gasteiger partial charge is 0.304 e. The maximum atomic E-state index is 12.4. The van der Waals surface area contributed by atoms with Gasteiger partial charge in [-0.3, -0.25) is 9.69 Å². The maximum Gasteiger partial charge on any atom is 0.177 e. The van der Waals surface area contributed by atoms with Crippen LogP contribution in [-0.4, -0.2) is 54.9 Å². The molecule has 1 aromatic heterocycles. The van der Waals surface area contributed by atoms with Gasteiger partial charge in [-0.15, -0.1) is 11.3 Å². The summed E-state index contributed by atoms with van der Waals surface area (Å²) < 4.78 is 0. The van der Waals surface area contributed by atoms with Gasteiger partial charge in [-0.2, -0.15) is 0 Å². The highest BCUT2D eigenvalue weighted by Gasteiger charge is 2.15. The Morgan fingerprint density at radius 3 is 2.10 bits per heavy atom. The average molecular weight is 311 g/mol. The van der Waals surface area contributed by atoms with Crippen LogP contribution in [0.1, 0.15) is 47.3 Å². The zero-order valence-corrected chi connectivity index (χ0v) is 15.1. The summed E-state index contributed by atoms with van der Waals surface area (Å²) in [6, 6.07) is 2.03. The van der Waals surface area contributed by atoms with Crippen molar-refractivity contribution in [3.63, 3.8) is 0 Å². The van der Waals surface area contributed by atoms with E-state index in [9.17, 15) is 4.79 Å². The Morgan fingerprint density at radius 1 is 1.05 bits per heavy atom. The van der Waals surface area contributed by atoms with Gasteiger partial charge < -0.3 is 4.90 Å². The van der Waals surface area contributed by atoms with Crippen molar-refractivity contribution < 1.29 is 4.79 Å². The minimum Gasteiger partial charge on any atom is -0.304 e. The third-order valence-electron chi connectivity index (χ3n) is 4.00. The molecule has 1 heterocycles. The first-order valence-corrected chi connectivity index (χ1v) is 8.88. The van der Waals surface area contributed by atoms with Crippen LogP contribution in [0.5, 0.6) is 0 Å². The van der Waals surface area contributed by atoms with Gasteiger partial charge in [-0.05, 0) is 59.1 Å². The van der Waals surface area contributed by atoms with Crippen LogP contribution in [0, 0.1) is 13.8 Å². The van der Waals surface area contributed by atoms with E-state index in [1.54, 1.807) is 11.3 Å². The lowest BCUT2D eigenvalue weighted by Gasteiger charge is -2.22. The number of hydrogen-bond donors (Lipinski definition) is 0. The maximum absolute atomic E-state index is 12.4. The fourth-order valence-corrected chi connectivity index (χ4v) is 3.55. The molecule has 0 saturated heterocycles. The second-order valence-electron chi connectivity index (χ2n) is 5.50. The molecular weight excluding hydrogens is 280 g/mol. The van der Waals surface area contributed by atoms with E-state index in [4.69, 9.17) is 0 Å². The van der Waals surface area contributed by atoms with Gasteiger partial charge >= 0.3 is 0 Å². The molecule has 0 fully saturated rings. The second kappa shape index (κ2) is 9.34. The fraction of sp³-hybridized carbons (Fsp3) is 0.706. The number of likely N-dealkylation sites (N-methyl/N-ethyl adjacent to an activating group) is 1. The lowest BCUT2D eigenvalue weighted by Crippen LogP contribution is -2.33. The molecule has 1 aromatic rings. The van der Waals surface area contributed by atoms with Crippen LogP contribution in [-0.2, 0) is 0 Å². The van der Waals surface area contributed by atoms with Gasteiger partial charge in [0.05, 0.1) is 6.54 Å². The molecule has 0 N–H and O–H groups in total. The van der Waals surface area contributed by atoms with Gasteiger partial charge in [0.1, 0.15) is 0 Å². The van der Waals surface area contributed by atoms with Crippen molar-refractivity contribution >= 4 is 17.1 Å². The van der Waals surface area contributed by atoms with E-state index < -0.39 is 0 Å². The molecule has 3 nitrogen and oxygen atoms in total. The highest BCUT2D eigenvalue weighted by Crippen LogP contribution is 2.21. The van der Waals surface area contributed by atoms with E-state index >= 15 is 0 Å². The zero-order valence-electron chi connectivity index (χ0n) is 14.2. The Kier molecular flexibility index (Phi) is 8.15. The molecule has 21 heavy (non-hydrogen) atoms. The Hall–Kier alpha value is -0.710. The summed E-state index contributed by atoms with van der Waals surface area (Å²) in [5.74, 6) is 0.265. The van der Waals surface area contributed by atoms with Crippen molar-refractivity contribution in [3.8, 4) is 0 Å². The SMILES string of the molecule is CCN(CC)CCCN(CC)CC(=O)c1cc(C)sc1C. The Balaban J connectivity index is 2.46. The summed E-state index contributed by atoms with van der Waals surface area (Å²) in [5.41, 5.74) is 0.916. The molecule has 1 rings (SSSR count). The zero-order chi connectivity index (χ0) is 15.8. The van der Waals surface area contributed by atoms with Crippen LogP contribution in [0.25, 0.3) is 0 Å². The second-order valence-corrected chi connectivity index (χ2v) is 6.96. The van der Waals surface area contributed by atoms with E-state index in [1.807, 2.05) is 13.0 Å². The minimum absolute atomic E-state index is 0.265. The summed E-state index contributed by atoms with van der Waals surface area (Å²) in [6.45, 7) is 16.5. The first-order chi connectivity index (χ1) is 10.0. The summed E-state index contributed by atoms with van der Waals surface area (Å²) >= 11 is 1.71. The highest BCUT2D eigenvalue weighted by molar-refractivity contribution is 7.12. The summed E-state index contributed by atoms with van der Waals surface area (Å²) in [5, 5.41) is 0. The smallest absolute Gasteiger partial charge is 0.177 e. The van der Waals surface area contributed by atoms with E-state index in [0.717, 1.165) is 49.6 Å². The van der Waals surface area contributed by atoms with Crippen molar-refractivity contribution in [3.05, 3.63) is 21.4 Å². The number of aryl methyl sites for hydroxylation is 2. The molecule has 0 amide bonds. The predicted octanol–water partition coefficient (Wildman–Crippen LogP) is 3.60. The molecule has 0 atom stereocenters. The molecule has 0 spiro atoms. The lowest BCUT2D eigenvalue weighted by atomic mass is 10.1. The molecule has 0 bridgehead atoms. The normalized spacial score (nSPS) is 11.6. The minimum atomic E-state index is 0.265. The molecule has 0 aliphatic rings. The van der Waals surface area contributed by atoms with Crippen molar-refractivity contribution in [2.24, 2.45) is 0 Å². The van der Waals surface area contributed by atoms with Crippen LogP contribution in [0.15, 0.2) is 6.07 Å². The van der Waals surface area contributed by atoms with Crippen molar-refractivity contribution in [1.82, 2.24) is 9.80 Å². The monoisotopic (exact) mass is 310 g/mol. The molecule has 0 saturated carbocycles. The molecule has 0 unspecified atom stereocenters. The number of Topliss-reactive ketones (excluding diaryl/α,β-unsaturated/α-hetero) is 1. The number of carbonyl (C=O) groups excluding carboxylic acids is 1. The molecule has 0 radical (unpaired) electrons. The van der Waals surface area contributed by atoms with Gasteiger partial charge in [0, 0.05) is 15.3 Å². The van der Waals surface area contributed by atoms with Crippen molar-refractivity contribution in [2.75, 3.05) is 39.3 Å². The van der Waals surface area contributed by atoms with Gasteiger partial charge in [0.15, 0.2) is 5.78 Å². The fourth-order valence-electron chi connectivity index (χ4n) is 2.60. The number of rotatable bonds is 10. The van der Waals surface area contributed by atoms with Crippen molar-refractivity contribution in [2.45, 2.75) is 41.0 Å². The van der Waals surface area contributed by atoms with E-state index in [1.165, 1.54) is 4.88 Å². The van der Waals surface area contributed by atoms with E-state index in [-0.39, 0.29) is 5.78 Å². The lowest BCUT2D eigenvalue weighted by molar-refractivity contribution is 0.0930. The van der Waals surface area contributed by atoms with Gasteiger partial charge in [0.25, 0.3) is 0 Å². The Labute approximate surface area is 133 Å². The van der Waals surface area contributed by atoms with Gasteiger partial charge in [-0.1, -0.05) is 20.8 Å². The van der Waals surface area contributed by atoms with E-state index in [0.29, 0.717) is 6.54 Å². The first kappa shape index (κ1) is 18.3. The average Bonchev–Trinajstić information content (AvgIpc) is 2.81. The van der Waals surface area contributed by atoms with Crippen LogP contribution in [0.4, 0.5) is 0 Å². The standard InChI is InChI=1S/C17H30N2OS/c1-6-18(7-2)10-9-11-19(8-3)13-17(20)16-12-14(4)21-15(16)5/h12H,6-11,13H2,1-5H3. The molecule has 120 valence electrons. The molecule has 0 aliphatic heterocycles. The first-order valence-electron chi connectivity index (χ1n) is 8.06. The summed E-state index contributed by atoms with van der Waals surface area (Å²) in [7, 11) is 0. The Bertz CT molecular complexity index is 438. The van der Waals surface area contributed by atoms with Gasteiger partial charge in [-0.25, -0.2) is 0 Å². The van der Waals surface area contributed by atoms with Crippen molar-refractivity contribution in [1.29, 1.82) is 0 Å².